The van der Waals surface area contributed by atoms with Crippen LogP contribution in [0.25, 0.3) is 11.1 Å². The number of alkyl carbamates (subject to hydrolysis) is 1. The number of rotatable bonds is 9. The monoisotopic (exact) mass is 424 g/mol. The first kappa shape index (κ1) is 22.3. The molecule has 0 fully saturated rings. The molecule has 2 aromatic carbocycles. The minimum Gasteiger partial charge on any atom is -0.481 e. The van der Waals surface area contributed by atoms with Crippen molar-refractivity contribution in [1.82, 2.24) is 10.6 Å². The smallest absolute Gasteiger partial charge is 0.407 e. The number of hydrogen-bond acceptors (Lipinski definition) is 4. The van der Waals surface area contributed by atoms with Gasteiger partial charge in [-0.2, -0.15) is 0 Å². The van der Waals surface area contributed by atoms with E-state index in [1.165, 1.54) is 0 Å². The molecule has 7 heteroatoms. The molecule has 2 atom stereocenters. The fourth-order valence-electron chi connectivity index (χ4n) is 3.90. The summed E-state index contributed by atoms with van der Waals surface area (Å²) in [4.78, 5) is 35.0. The number of carboxylic acid groups (broad SMARTS) is 1. The Hall–Kier alpha value is -3.35. The van der Waals surface area contributed by atoms with Crippen molar-refractivity contribution < 1.29 is 24.2 Å². The molecule has 0 bridgehead atoms. The summed E-state index contributed by atoms with van der Waals surface area (Å²) in [6.45, 7) is 3.97. The number of aliphatic carboxylic acids is 1. The highest BCUT2D eigenvalue weighted by molar-refractivity contribution is 5.79. The van der Waals surface area contributed by atoms with Crippen molar-refractivity contribution in [2.45, 2.75) is 38.6 Å². The molecule has 0 aliphatic heterocycles. The molecule has 1 unspecified atom stereocenters. The van der Waals surface area contributed by atoms with Crippen LogP contribution in [0.4, 0.5) is 4.79 Å². The zero-order valence-corrected chi connectivity index (χ0v) is 17.8. The van der Waals surface area contributed by atoms with Gasteiger partial charge in [0.25, 0.3) is 0 Å². The number of amides is 2. The van der Waals surface area contributed by atoms with Gasteiger partial charge in [-0.15, -0.1) is 0 Å². The summed E-state index contributed by atoms with van der Waals surface area (Å²) < 4.78 is 5.49. The van der Waals surface area contributed by atoms with Crippen molar-refractivity contribution in [3.05, 3.63) is 59.7 Å². The summed E-state index contributed by atoms with van der Waals surface area (Å²) >= 11 is 0. The molecule has 0 radical (unpaired) electrons. The summed E-state index contributed by atoms with van der Waals surface area (Å²) in [5, 5.41) is 14.1. The summed E-state index contributed by atoms with van der Waals surface area (Å²) in [6.07, 6.45) is -0.487. The Labute approximate surface area is 181 Å². The van der Waals surface area contributed by atoms with E-state index in [1.54, 1.807) is 13.8 Å². The molecule has 0 saturated carbocycles. The lowest BCUT2D eigenvalue weighted by molar-refractivity contribution is -0.138. The van der Waals surface area contributed by atoms with Gasteiger partial charge in [0.1, 0.15) is 6.61 Å². The number of nitrogens with one attached hydrogen (secondary N) is 2. The molecule has 1 aliphatic rings. The van der Waals surface area contributed by atoms with Crippen LogP contribution < -0.4 is 10.6 Å². The molecule has 31 heavy (non-hydrogen) atoms. The zero-order chi connectivity index (χ0) is 22.4. The first-order chi connectivity index (χ1) is 14.8. The van der Waals surface area contributed by atoms with Gasteiger partial charge in [-0.05, 0) is 35.1 Å². The second kappa shape index (κ2) is 10.1. The molecule has 3 N–H and O–H groups in total. The van der Waals surface area contributed by atoms with Crippen molar-refractivity contribution >= 4 is 18.0 Å². The summed E-state index contributed by atoms with van der Waals surface area (Å²) in [5.74, 6) is -1.32. The van der Waals surface area contributed by atoms with Crippen molar-refractivity contribution in [2.24, 2.45) is 5.92 Å². The fraction of sp³-hybridized carbons (Fsp3) is 0.375. The molecule has 0 spiro atoms. The largest absolute Gasteiger partial charge is 0.481 e. The van der Waals surface area contributed by atoms with Gasteiger partial charge in [-0.1, -0.05) is 55.5 Å². The normalized spacial score (nSPS) is 14.1. The number of ether oxygens (including phenoxy) is 1. The highest BCUT2D eigenvalue weighted by atomic mass is 16.5. The first-order valence-corrected chi connectivity index (χ1v) is 10.4. The van der Waals surface area contributed by atoms with E-state index in [-0.39, 0.29) is 43.7 Å². The zero-order valence-electron chi connectivity index (χ0n) is 17.8. The van der Waals surface area contributed by atoms with Crippen LogP contribution in [-0.2, 0) is 14.3 Å². The Kier molecular flexibility index (Phi) is 7.28. The lowest BCUT2D eigenvalue weighted by atomic mass is 9.98. The summed E-state index contributed by atoms with van der Waals surface area (Å²) in [7, 11) is 0. The number of carbonyl (C=O) groups is 3. The molecular formula is C24H28N2O5. The van der Waals surface area contributed by atoms with E-state index in [2.05, 4.69) is 34.9 Å². The van der Waals surface area contributed by atoms with Crippen LogP contribution in [0.5, 0.6) is 0 Å². The maximum Gasteiger partial charge on any atom is 0.407 e. The lowest BCUT2D eigenvalue weighted by Gasteiger charge is -2.17. The van der Waals surface area contributed by atoms with Crippen LogP contribution in [0.2, 0.25) is 0 Å². The topological polar surface area (TPSA) is 105 Å². The van der Waals surface area contributed by atoms with Crippen LogP contribution in [0.15, 0.2) is 48.5 Å². The van der Waals surface area contributed by atoms with Crippen molar-refractivity contribution in [2.75, 3.05) is 13.2 Å². The van der Waals surface area contributed by atoms with E-state index in [0.717, 1.165) is 22.3 Å². The molecule has 7 nitrogen and oxygen atoms in total. The van der Waals surface area contributed by atoms with Crippen LogP contribution >= 0.6 is 0 Å². The van der Waals surface area contributed by atoms with E-state index in [1.807, 2.05) is 24.3 Å². The van der Waals surface area contributed by atoms with E-state index in [0.29, 0.717) is 0 Å². The second-order valence-corrected chi connectivity index (χ2v) is 8.08. The van der Waals surface area contributed by atoms with Crippen molar-refractivity contribution in [3.8, 4) is 11.1 Å². The van der Waals surface area contributed by atoms with E-state index in [9.17, 15) is 14.4 Å². The Bertz CT molecular complexity index is 913. The molecule has 2 amide bonds. The maximum absolute atomic E-state index is 12.3. The average Bonchev–Trinajstić information content (AvgIpc) is 3.04. The second-order valence-electron chi connectivity index (χ2n) is 8.08. The van der Waals surface area contributed by atoms with Crippen LogP contribution in [-0.4, -0.2) is 42.3 Å². The number of benzene rings is 2. The SMILES string of the molecule is CC(CNC(=O)C[C@H](C)NC(=O)OCC1c2ccccc2-c2ccccc21)CC(=O)O. The van der Waals surface area contributed by atoms with Gasteiger partial charge in [-0.25, -0.2) is 4.79 Å². The fourth-order valence-corrected chi connectivity index (χ4v) is 3.90. The predicted octanol–water partition coefficient (Wildman–Crippen LogP) is 3.53. The van der Waals surface area contributed by atoms with Crippen LogP contribution in [0.3, 0.4) is 0 Å². The molecule has 3 rings (SSSR count). The Morgan fingerprint density at radius 1 is 0.968 bits per heavy atom. The van der Waals surface area contributed by atoms with Gasteiger partial charge in [0, 0.05) is 31.3 Å². The first-order valence-electron chi connectivity index (χ1n) is 10.4. The third kappa shape index (κ3) is 5.84. The third-order valence-electron chi connectivity index (χ3n) is 5.37. The van der Waals surface area contributed by atoms with E-state index in [4.69, 9.17) is 9.84 Å². The average molecular weight is 424 g/mol. The number of carboxylic acids is 1. The Morgan fingerprint density at radius 3 is 2.13 bits per heavy atom. The maximum atomic E-state index is 12.3. The minimum atomic E-state index is -0.896. The molecule has 0 aromatic heterocycles. The van der Waals surface area contributed by atoms with Gasteiger partial charge >= 0.3 is 12.1 Å². The minimum absolute atomic E-state index is 0.00612. The van der Waals surface area contributed by atoms with Gasteiger partial charge < -0.3 is 20.5 Å². The highest BCUT2D eigenvalue weighted by Crippen LogP contribution is 2.44. The van der Waals surface area contributed by atoms with Gasteiger partial charge in [0.15, 0.2) is 0 Å². The van der Waals surface area contributed by atoms with Gasteiger partial charge in [0.05, 0.1) is 0 Å². The van der Waals surface area contributed by atoms with Crippen LogP contribution in [0.1, 0.15) is 43.7 Å². The molecular weight excluding hydrogens is 396 g/mol. The van der Waals surface area contributed by atoms with Crippen LogP contribution in [0, 0.1) is 5.92 Å². The molecule has 2 aromatic rings. The van der Waals surface area contributed by atoms with Crippen molar-refractivity contribution in [3.63, 3.8) is 0 Å². The summed E-state index contributed by atoms with van der Waals surface area (Å²) in [6, 6.07) is 15.8. The predicted molar refractivity (Wildman–Crippen MR) is 117 cm³/mol. The quantitative estimate of drug-likeness (QED) is 0.571. The van der Waals surface area contributed by atoms with Crippen molar-refractivity contribution in [1.29, 1.82) is 0 Å². The molecule has 1 aliphatic carbocycles. The standard InChI is InChI=1S/C24H28N2O5/c1-15(11-23(28)29)13-25-22(27)12-16(2)26-24(30)31-14-21-19-9-5-3-7-17(19)18-8-4-6-10-20(18)21/h3-10,15-16,21H,11-14H2,1-2H3,(H,25,27)(H,26,30)(H,28,29)/t15?,16-/m0/s1. The van der Waals surface area contributed by atoms with E-state index < -0.39 is 18.1 Å². The molecule has 0 heterocycles. The number of fused-ring (bicyclic) bond motifs is 3. The number of carbonyl (C=O) groups excluding carboxylic acids is 2. The Balaban J connectivity index is 1.47. The van der Waals surface area contributed by atoms with Gasteiger partial charge in [-0.3, -0.25) is 9.59 Å². The molecule has 164 valence electrons. The summed E-state index contributed by atoms with van der Waals surface area (Å²) in [5.41, 5.74) is 4.60. The van der Waals surface area contributed by atoms with E-state index >= 15 is 0 Å². The third-order valence-corrected chi connectivity index (χ3v) is 5.37. The highest BCUT2D eigenvalue weighted by Gasteiger charge is 2.29. The number of hydrogen-bond donors (Lipinski definition) is 3. The van der Waals surface area contributed by atoms with Gasteiger partial charge in [0.2, 0.25) is 5.91 Å². The lowest BCUT2D eigenvalue weighted by Crippen LogP contribution is -2.39. The Morgan fingerprint density at radius 2 is 1.55 bits per heavy atom. The molecule has 0 saturated heterocycles.